The fraction of sp³-hybridized carbons (Fsp3) is 0.462. The fourth-order valence-corrected chi connectivity index (χ4v) is 2.68. The van der Waals surface area contributed by atoms with Crippen LogP contribution in [0, 0.1) is 5.92 Å². The van der Waals surface area contributed by atoms with Crippen molar-refractivity contribution in [3.05, 3.63) is 23.2 Å². The Balaban J connectivity index is 2.01. The summed E-state index contributed by atoms with van der Waals surface area (Å²) in [4.78, 5) is 0. The fourth-order valence-electron chi connectivity index (χ4n) is 2.48. The molecule has 1 aromatic carbocycles. The monoisotopic (exact) mass is 277 g/mol. The summed E-state index contributed by atoms with van der Waals surface area (Å²) in [5, 5.41) is 12.6. The maximum atomic E-state index is 6.23. The summed E-state index contributed by atoms with van der Waals surface area (Å²) in [6.07, 6.45) is 3.78. The van der Waals surface area contributed by atoms with Crippen LogP contribution < -0.4 is 5.73 Å². The first kappa shape index (κ1) is 12.4. The molecule has 1 atom stereocenters. The predicted molar refractivity (Wildman–Crippen MR) is 74.7 cm³/mol. The van der Waals surface area contributed by atoms with Gasteiger partial charge in [0.25, 0.3) is 0 Å². The van der Waals surface area contributed by atoms with Crippen molar-refractivity contribution in [1.82, 2.24) is 20.2 Å². The van der Waals surface area contributed by atoms with E-state index in [2.05, 4.69) is 22.4 Å². The Morgan fingerprint density at radius 3 is 2.89 bits per heavy atom. The number of halogens is 1. The van der Waals surface area contributed by atoms with Gasteiger partial charge in [0.05, 0.1) is 11.1 Å². The lowest BCUT2D eigenvalue weighted by atomic mass is 9.80. The molecule has 6 heteroatoms. The van der Waals surface area contributed by atoms with E-state index in [1.54, 1.807) is 12.1 Å². The molecule has 0 bridgehead atoms. The predicted octanol–water partition coefficient (Wildman–Crippen LogP) is 2.94. The zero-order valence-corrected chi connectivity index (χ0v) is 11.5. The largest absolute Gasteiger partial charge is 0.399 e. The van der Waals surface area contributed by atoms with E-state index in [0.29, 0.717) is 22.5 Å². The van der Waals surface area contributed by atoms with Gasteiger partial charge in [-0.15, -0.1) is 5.10 Å². The molecule has 2 aromatic rings. The van der Waals surface area contributed by atoms with Crippen LogP contribution in [0.15, 0.2) is 18.2 Å². The Labute approximate surface area is 116 Å². The lowest BCUT2D eigenvalue weighted by molar-refractivity contribution is 0.210. The van der Waals surface area contributed by atoms with Gasteiger partial charge < -0.3 is 5.73 Å². The summed E-state index contributed by atoms with van der Waals surface area (Å²) in [7, 11) is 0. The summed E-state index contributed by atoms with van der Waals surface area (Å²) in [5.41, 5.74) is 7.27. The molecule has 1 heterocycles. The topological polar surface area (TPSA) is 69.6 Å². The van der Waals surface area contributed by atoms with Gasteiger partial charge in [-0.05, 0) is 54.3 Å². The Bertz CT molecular complexity index is 590. The number of tetrazole rings is 1. The van der Waals surface area contributed by atoms with Crippen molar-refractivity contribution in [2.24, 2.45) is 5.92 Å². The van der Waals surface area contributed by atoms with Gasteiger partial charge in [0, 0.05) is 11.3 Å². The van der Waals surface area contributed by atoms with E-state index in [-0.39, 0.29) is 6.04 Å². The van der Waals surface area contributed by atoms with Gasteiger partial charge in [-0.25, -0.2) is 4.68 Å². The lowest BCUT2D eigenvalue weighted by Crippen LogP contribution is -2.24. The first-order valence-corrected chi connectivity index (χ1v) is 6.88. The van der Waals surface area contributed by atoms with Crippen molar-refractivity contribution in [2.75, 3.05) is 5.73 Å². The van der Waals surface area contributed by atoms with Crippen molar-refractivity contribution in [2.45, 2.75) is 32.2 Å². The molecule has 1 aromatic heterocycles. The maximum Gasteiger partial charge on any atom is 0.183 e. The van der Waals surface area contributed by atoms with Crippen LogP contribution in [-0.4, -0.2) is 20.2 Å². The van der Waals surface area contributed by atoms with E-state index < -0.39 is 0 Å². The normalized spacial score (nSPS) is 17.2. The van der Waals surface area contributed by atoms with Crippen LogP contribution in [0.2, 0.25) is 5.02 Å². The van der Waals surface area contributed by atoms with Crippen molar-refractivity contribution in [3.63, 3.8) is 0 Å². The number of nitrogens with zero attached hydrogens (tertiary/aromatic N) is 4. The first-order valence-electron chi connectivity index (χ1n) is 6.50. The summed E-state index contributed by atoms with van der Waals surface area (Å²) in [5.74, 6) is 1.35. The Morgan fingerprint density at radius 1 is 1.42 bits per heavy atom. The summed E-state index contributed by atoms with van der Waals surface area (Å²) in [6, 6.07) is 5.66. The number of hydrogen-bond acceptors (Lipinski definition) is 4. The van der Waals surface area contributed by atoms with Gasteiger partial charge in [0.15, 0.2) is 5.82 Å². The van der Waals surface area contributed by atoms with Crippen LogP contribution in [0.1, 0.15) is 32.2 Å². The van der Waals surface area contributed by atoms with Gasteiger partial charge >= 0.3 is 0 Å². The minimum absolute atomic E-state index is 0.288. The number of anilines is 1. The molecule has 2 N–H and O–H groups in total. The smallest absolute Gasteiger partial charge is 0.183 e. The number of aromatic nitrogens is 4. The highest BCUT2D eigenvalue weighted by Gasteiger charge is 2.28. The van der Waals surface area contributed by atoms with E-state index in [1.165, 1.54) is 19.3 Å². The maximum absolute atomic E-state index is 6.23. The van der Waals surface area contributed by atoms with E-state index in [0.717, 1.165) is 5.56 Å². The molecule has 0 amide bonds. The number of hydrogen-bond donors (Lipinski definition) is 1. The third kappa shape index (κ3) is 2.18. The molecule has 19 heavy (non-hydrogen) atoms. The highest BCUT2D eigenvalue weighted by molar-refractivity contribution is 6.33. The molecule has 0 aliphatic heterocycles. The van der Waals surface area contributed by atoms with Gasteiger partial charge in [-0.3, -0.25) is 0 Å². The summed E-state index contributed by atoms with van der Waals surface area (Å²) in [6.45, 7) is 2.16. The van der Waals surface area contributed by atoms with Crippen molar-refractivity contribution in [1.29, 1.82) is 0 Å². The second kappa shape index (κ2) is 4.81. The average molecular weight is 278 g/mol. The van der Waals surface area contributed by atoms with Crippen LogP contribution >= 0.6 is 11.6 Å². The molecule has 0 spiro atoms. The third-order valence-electron chi connectivity index (χ3n) is 3.94. The molecule has 0 saturated heterocycles. The standard InChI is InChI=1S/C13H16ClN5/c1-8(9-3-2-4-9)19-13(16-17-18-19)11-7-10(15)5-6-12(11)14/h5-9H,2-4,15H2,1H3. The zero-order valence-electron chi connectivity index (χ0n) is 10.8. The molecule has 1 aliphatic rings. The minimum Gasteiger partial charge on any atom is -0.399 e. The second-order valence-corrected chi connectivity index (χ2v) is 5.53. The van der Waals surface area contributed by atoms with Gasteiger partial charge in [0.1, 0.15) is 0 Å². The molecule has 5 nitrogen and oxygen atoms in total. The quantitative estimate of drug-likeness (QED) is 0.876. The van der Waals surface area contributed by atoms with E-state index in [1.807, 2.05) is 10.7 Å². The van der Waals surface area contributed by atoms with Crippen LogP contribution in [0.25, 0.3) is 11.4 Å². The Kier molecular flexibility index (Phi) is 3.14. The van der Waals surface area contributed by atoms with Gasteiger partial charge in [-0.2, -0.15) is 0 Å². The third-order valence-corrected chi connectivity index (χ3v) is 4.27. The molecular formula is C13H16ClN5. The highest BCUT2D eigenvalue weighted by atomic mass is 35.5. The molecule has 100 valence electrons. The molecule has 1 fully saturated rings. The van der Waals surface area contributed by atoms with E-state index >= 15 is 0 Å². The summed E-state index contributed by atoms with van der Waals surface area (Å²) < 4.78 is 1.87. The molecular weight excluding hydrogens is 262 g/mol. The molecule has 1 aliphatic carbocycles. The van der Waals surface area contributed by atoms with Crippen LogP contribution in [0.3, 0.4) is 0 Å². The Morgan fingerprint density at radius 2 is 2.21 bits per heavy atom. The van der Waals surface area contributed by atoms with Crippen molar-refractivity contribution in [3.8, 4) is 11.4 Å². The van der Waals surface area contributed by atoms with Crippen LogP contribution in [0.4, 0.5) is 5.69 Å². The zero-order chi connectivity index (χ0) is 13.4. The highest BCUT2D eigenvalue weighted by Crippen LogP contribution is 2.38. The van der Waals surface area contributed by atoms with Crippen LogP contribution in [0.5, 0.6) is 0 Å². The minimum atomic E-state index is 0.288. The number of nitrogen functional groups attached to an aromatic ring is 1. The van der Waals surface area contributed by atoms with E-state index in [9.17, 15) is 0 Å². The van der Waals surface area contributed by atoms with Gasteiger partial charge in [-0.1, -0.05) is 18.0 Å². The van der Waals surface area contributed by atoms with Crippen molar-refractivity contribution >= 4 is 17.3 Å². The number of benzene rings is 1. The SMILES string of the molecule is CC(C1CCC1)n1nnnc1-c1cc(N)ccc1Cl. The summed E-state index contributed by atoms with van der Waals surface area (Å²) >= 11 is 6.23. The molecule has 0 radical (unpaired) electrons. The Hall–Kier alpha value is -1.62. The first-order chi connectivity index (χ1) is 9.16. The average Bonchev–Trinajstić information content (AvgIpc) is 2.78. The lowest BCUT2D eigenvalue weighted by Gasteiger charge is -2.31. The second-order valence-electron chi connectivity index (χ2n) is 5.12. The van der Waals surface area contributed by atoms with Crippen molar-refractivity contribution < 1.29 is 0 Å². The number of rotatable bonds is 3. The molecule has 1 saturated carbocycles. The van der Waals surface area contributed by atoms with Gasteiger partial charge in [0.2, 0.25) is 0 Å². The molecule has 1 unspecified atom stereocenters. The van der Waals surface area contributed by atoms with Crippen LogP contribution in [-0.2, 0) is 0 Å². The molecule has 3 rings (SSSR count). The number of nitrogens with two attached hydrogens (primary N) is 1. The van der Waals surface area contributed by atoms with E-state index in [4.69, 9.17) is 17.3 Å².